The Morgan fingerprint density at radius 1 is 1.04 bits per heavy atom. The van der Waals surface area contributed by atoms with Crippen LogP contribution in [-0.4, -0.2) is 28.6 Å². The van der Waals surface area contributed by atoms with Gasteiger partial charge in [0.2, 0.25) is 0 Å². The van der Waals surface area contributed by atoms with Gasteiger partial charge in [0.25, 0.3) is 0 Å². The van der Waals surface area contributed by atoms with E-state index in [1.165, 1.54) is 0 Å². The Balaban J connectivity index is 2.48. The molecule has 0 radical (unpaired) electrons. The molecule has 0 spiro atoms. The van der Waals surface area contributed by atoms with Gasteiger partial charge in [-0.2, -0.15) is 0 Å². The number of rotatable bonds is 6. The fourth-order valence-corrected chi connectivity index (χ4v) is 3.30. The van der Waals surface area contributed by atoms with Crippen LogP contribution in [0.25, 0.3) is 5.57 Å². The third-order valence-electron chi connectivity index (χ3n) is 4.17. The lowest BCUT2D eigenvalue weighted by molar-refractivity contribution is 0.196. The fourth-order valence-electron chi connectivity index (χ4n) is 2.94. The number of hydrogen-bond donors (Lipinski definition) is 1. The van der Waals surface area contributed by atoms with Crippen molar-refractivity contribution in [3.63, 3.8) is 0 Å². The standard InChI is InChI=1S/C21H26BrNO/c1-15(2)23(16(3)4)13-12-19(17-8-6-5-7-9-17)20-14-18(22)10-11-21(20)24/h5-12,14-16,24H,13H2,1-4H3/b19-12-. The Bertz CT molecular complexity index is 684. The van der Waals surface area contributed by atoms with E-state index in [0.717, 1.165) is 27.7 Å². The highest BCUT2D eigenvalue weighted by atomic mass is 79.9. The molecule has 3 heteroatoms. The smallest absolute Gasteiger partial charge is 0.123 e. The van der Waals surface area contributed by atoms with Crippen LogP contribution < -0.4 is 0 Å². The second-order valence-electron chi connectivity index (χ2n) is 6.53. The van der Waals surface area contributed by atoms with Crippen LogP contribution in [0.3, 0.4) is 0 Å². The summed E-state index contributed by atoms with van der Waals surface area (Å²) < 4.78 is 0.960. The summed E-state index contributed by atoms with van der Waals surface area (Å²) in [5.74, 6) is 0.300. The molecule has 1 N–H and O–H groups in total. The molecule has 0 aliphatic heterocycles. The SMILES string of the molecule is CC(C)N(C/C=C(/c1ccccc1)c1cc(Br)ccc1O)C(C)C. The maximum atomic E-state index is 10.4. The summed E-state index contributed by atoms with van der Waals surface area (Å²) in [6.45, 7) is 9.70. The summed E-state index contributed by atoms with van der Waals surface area (Å²) in [7, 11) is 0. The third kappa shape index (κ3) is 4.71. The largest absolute Gasteiger partial charge is 0.507 e. The molecule has 0 aromatic heterocycles. The normalized spacial score (nSPS) is 12.4. The molecule has 0 saturated carbocycles. The first kappa shape index (κ1) is 18.8. The molecular weight excluding hydrogens is 362 g/mol. The average molecular weight is 388 g/mol. The summed E-state index contributed by atoms with van der Waals surface area (Å²) in [4.78, 5) is 2.43. The molecule has 0 unspecified atom stereocenters. The van der Waals surface area contributed by atoms with Crippen molar-refractivity contribution >= 4 is 21.5 Å². The van der Waals surface area contributed by atoms with Crippen molar-refractivity contribution in [2.75, 3.05) is 6.54 Å². The van der Waals surface area contributed by atoms with E-state index in [2.05, 4.69) is 66.7 Å². The molecule has 0 fully saturated rings. The minimum atomic E-state index is 0.300. The Morgan fingerprint density at radius 2 is 1.67 bits per heavy atom. The van der Waals surface area contributed by atoms with Crippen LogP contribution in [0.4, 0.5) is 0 Å². The zero-order valence-corrected chi connectivity index (χ0v) is 16.4. The highest BCUT2D eigenvalue weighted by molar-refractivity contribution is 9.10. The average Bonchev–Trinajstić information content (AvgIpc) is 2.54. The predicted molar refractivity (Wildman–Crippen MR) is 106 cm³/mol. The van der Waals surface area contributed by atoms with E-state index in [9.17, 15) is 5.11 Å². The minimum absolute atomic E-state index is 0.300. The summed E-state index contributed by atoms with van der Waals surface area (Å²) >= 11 is 3.51. The van der Waals surface area contributed by atoms with Gasteiger partial charge in [-0.25, -0.2) is 0 Å². The Labute approximate surface area is 154 Å². The lowest BCUT2D eigenvalue weighted by Crippen LogP contribution is -2.37. The van der Waals surface area contributed by atoms with Crippen LogP contribution in [0.1, 0.15) is 38.8 Å². The molecule has 2 aromatic carbocycles. The van der Waals surface area contributed by atoms with E-state index in [0.29, 0.717) is 17.8 Å². The molecular formula is C21H26BrNO. The number of hydrogen-bond acceptors (Lipinski definition) is 2. The van der Waals surface area contributed by atoms with Gasteiger partial charge >= 0.3 is 0 Å². The van der Waals surface area contributed by atoms with Crippen molar-refractivity contribution in [2.24, 2.45) is 0 Å². The number of aromatic hydroxyl groups is 1. The first-order valence-electron chi connectivity index (χ1n) is 8.40. The van der Waals surface area contributed by atoms with Crippen molar-refractivity contribution in [1.82, 2.24) is 4.90 Å². The molecule has 24 heavy (non-hydrogen) atoms. The number of phenols is 1. The van der Waals surface area contributed by atoms with Crippen molar-refractivity contribution in [2.45, 2.75) is 39.8 Å². The van der Waals surface area contributed by atoms with Gasteiger partial charge in [-0.15, -0.1) is 0 Å². The molecule has 0 heterocycles. The molecule has 128 valence electrons. The Hall–Kier alpha value is -1.58. The van der Waals surface area contributed by atoms with E-state index in [-0.39, 0.29) is 0 Å². The molecule has 2 aromatic rings. The zero-order valence-electron chi connectivity index (χ0n) is 14.8. The third-order valence-corrected chi connectivity index (χ3v) is 4.66. The van der Waals surface area contributed by atoms with Crippen molar-refractivity contribution in [1.29, 1.82) is 0 Å². The fraction of sp³-hybridized carbons (Fsp3) is 0.333. The minimum Gasteiger partial charge on any atom is -0.507 e. The summed E-state index contributed by atoms with van der Waals surface area (Å²) in [6.07, 6.45) is 2.22. The zero-order chi connectivity index (χ0) is 17.7. The molecule has 2 nitrogen and oxygen atoms in total. The Morgan fingerprint density at radius 3 is 2.25 bits per heavy atom. The van der Waals surface area contributed by atoms with Gasteiger partial charge in [-0.3, -0.25) is 4.90 Å². The molecule has 2 rings (SSSR count). The summed E-state index contributed by atoms with van der Waals surface area (Å²) in [5.41, 5.74) is 3.02. The quantitative estimate of drug-likeness (QED) is 0.686. The van der Waals surface area contributed by atoms with Gasteiger partial charge in [0.1, 0.15) is 5.75 Å². The van der Waals surface area contributed by atoms with Crippen LogP contribution in [0.15, 0.2) is 59.1 Å². The first-order valence-corrected chi connectivity index (χ1v) is 9.19. The van der Waals surface area contributed by atoms with Crippen LogP contribution in [0.5, 0.6) is 5.75 Å². The van der Waals surface area contributed by atoms with E-state index in [1.54, 1.807) is 6.07 Å². The van der Waals surface area contributed by atoms with Crippen molar-refractivity contribution in [3.05, 3.63) is 70.2 Å². The van der Waals surface area contributed by atoms with Crippen molar-refractivity contribution in [3.8, 4) is 5.75 Å². The highest BCUT2D eigenvalue weighted by Gasteiger charge is 2.14. The topological polar surface area (TPSA) is 23.5 Å². The van der Waals surface area contributed by atoms with Gasteiger partial charge in [-0.05, 0) is 57.0 Å². The maximum Gasteiger partial charge on any atom is 0.123 e. The van der Waals surface area contributed by atoms with Gasteiger partial charge < -0.3 is 5.11 Å². The number of benzene rings is 2. The Kier molecular flexibility index (Phi) is 6.64. The molecule has 0 bridgehead atoms. The predicted octanol–water partition coefficient (Wildman–Crippen LogP) is 5.71. The van der Waals surface area contributed by atoms with Gasteiger partial charge in [-0.1, -0.05) is 52.3 Å². The number of phenolic OH excluding ortho intramolecular Hbond substituents is 1. The van der Waals surface area contributed by atoms with E-state index >= 15 is 0 Å². The first-order chi connectivity index (χ1) is 11.4. The second kappa shape index (κ2) is 8.50. The summed E-state index contributed by atoms with van der Waals surface area (Å²) in [5, 5.41) is 10.4. The van der Waals surface area contributed by atoms with Gasteiger partial charge in [0, 0.05) is 28.7 Å². The number of halogens is 1. The van der Waals surface area contributed by atoms with E-state index < -0.39 is 0 Å². The monoisotopic (exact) mass is 387 g/mol. The highest BCUT2D eigenvalue weighted by Crippen LogP contribution is 2.32. The van der Waals surface area contributed by atoms with Crippen LogP contribution in [0, 0.1) is 0 Å². The number of nitrogens with zero attached hydrogens (tertiary/aromatic N) is 1. The molecule has 0 aliphatic rings. The molecule has 0 aliphatic carbocycles. The van der Waals surface area contributed by atoms with Crippen LogP contribution in [-0.2, 0) is 0 Å². The van der Waals surface area contributed by atoms with Gasteiger partial charge in [0.15, 0.2) is 0 Å². The lowest BCUT2D eigenvalue weighted by Gasteiger charge is -2.29. The summed E-state index contributed by atoms with van der Waals surface area (Å²) in [6, 6.07) is 16.7. The van der Waals surface area contributed by atoms with Crippen LogP contribution >= 0.6 is 15.9 Å². The lowest BCUT2D eigenvalue weighted by atomic mass is 9.96. The van der Waals surface area contributed by atoms with E-state index in [1.807, 2.05) is 30.3 Å². The maximum absolute atomic E-state index is 10.4. The molecule has 0 atom stereocenters. The van der Waals surface area contributed by atoms with Gasteiger partial charge in [0.05, 0.1) is 0 Å². The van der Waals surface area contributed by atoms with Crippen molar-refractivity contribution < 1.29 is 5.11 Å². The van der Waals surface area contributed by atoms with E-state index in [4.69, 9.17) is 0 Å². The second-order valence-corrected chi connectivity index (χ2v) is 7.45. The molecule has 0 saturated heterocycles. The van der Waals surface area contributed by atoms with Crippen LogP contribution in [0.2, 0.25) is 0 Å². The molecule has 0 amide bonds.